The smallest absolute Gasteiger partial charge is 0.195 e. The topological polar surface area (TPSA) is 55.5 Å². The standard InChI is InChI=1S/C17H20N2O2/c1-12-5-7-13(8-6-12)14(20)9-10-18-16-11-15(21-19-16)17(2,3)4/h5-8,10-11H,9H2,1-4H3. The Morgan fingerprint density at radius 3 is 2.52 bits per heavy atom. The third kappa shape index (κ3) is 4.12. The van der Waals surface area contributed by atoms with E-state index in [0.717, 1.165) is 11.3 Å². The Morgan fingerprint density at radius 2 is 1.95 bits per heavy atom. The summed E-state index contributed by atoms with van der Waals surface area (Å²) in [5, 5.41) is 3.88. The van der Waals surface area contributed by atoms with Gasteiger partial charge in [-0.15, -0.1) is 0 Å². The fourth-order valence-corrected chi connectivity index (χ4v) is 1.76. The van der Waals surface area contributed by atoms with Crippen molar-refractivity contribution >= 4 is 17.8 Å². The van der Waals surface area contributed by atoms with Gasteiger partial charge in [0.05, 0.1) is 0 Å². The molecule has 0 N–H and O–H groups in total. The molecule has 0 aliphatic rings. The SMILES string of the molecule is Cc1ccc(C(=O)CC=Nc2cc(C(C)(C)C)on2)cc1. The molecular formula is C17H20N2O2. The van der Waals surface area contributed by atoms with Crippen molar-refractivity contribution in [1.29, 1.82) is 0 Å². The van der Waals surface area contributed by atoms with Gasteiger partial charge in [-0.1, -0.05) is 55.8 Å². The van der Waals surface area contributed by atoms with E-state index < -0.39 is 0 Å². The lowest BCUT2D eigenvalue weighted by atomic mass is 9.93. The maximum absolute atomic E-state index is 12.0. The summed E-state index contributed by atoms with van der Waals surface area (Å²) in [7, 11) is 0. The van der Waals surface area contributed by atoms with Crippen LogP contribution in [0.15, 0.2) is 39.8 Å². The molecule has 0 bridgehead atoms. The zero-order chi connectivity index (χ0) is 15.5. The van der Waals surface area contributed by atoms with Crippen LogP contribution in [-0.4, -0.2) is 17.2 Å². The normalized spacial score (nSPS) is 12.0. The second-order valence-corrected chi connectivity index (χ2v) is 6.10. The Morgan fingerprint density at radius 1 is 1.29 bits per heavy atom. The molecule has 0 radical (unpaired) electrons. The van der Waals surface area contributed by atoms with Crippen LogP contribution in [0.25, 0.3) is 0 Å². The van der Waals surface area contributed by atoms with Crippen LogP contribution in [0.1, 0.15) is 48.9 Å². The lowest BCUT2D eigenvalue weighted by Gasteiger charge is -2.11. The van der Waals surface area contributed by atoms with Crippen LogP contribution in [0, 0.1) is 6.92 Å². The molecule has 1 aromatic carbocycles. The minimum Gasteiger partial charge on any atom is -0.359 e. The third-order valence-electron chi connectivity index (χ3n) is 3.11. The second-order valence-electron chi connectivity index (χ2n) is 6.10. The molecule has 2 aromatic rings. The average Bonchev–Trinajstić information content (AvgIpc) is 2.88. The minimum absolute atomic E-state index is 0.0401. The number of aromatic nitrogens is 1. The minimum atomic E-state index is -0.0987. The van der Waals surface area contributed by atoms with Gasteiger partial charge in [-0.25, -0.2) is 4.99 Å². The fourth-order valence-electron chi connectivity index (χ4n) is 1.76. The first-order chi connectivity index (χ1) is 9.86. The Balaban J connectivity index is 1.97. The summed E-state index contributed by atoms with van der Waals surface area (Å²) in [6.45, 7) is 8.12. The van der Waals surface area contributed by atoms with E-state index in [1.165, 1.54) is 0 Å². The van der Waals surface area contributed by atoms with Gasteiger partial charge in [-0.05, 0) is 6.92 Å². The largest absolute Gasteiger partial charge is 0.359 e. The Labute approximate surface area is 124 Å². The van der Waals surface area contributed by atoms with Gasteiger partial charge in [0, 0.05) is 29.7 Å². The zero-order valence-corrected chi connectivity index (χ0v) is 12.9. The molecular weight excluding hydrogens is 264 g/mol. The zero-order valence-electron chi connectivity index (χ0n) is 12.9. The molecule has 0 saturated carbocycles. The molecule has 0 spiro atoms. The first-order valence-electron chi connectivity index (χ1n) is 6.96. The predicted molar refractivity (Wildman–Crippen MR) is 83.5 cm³/mol. The number of aryl methyl sites for hydroxylation is 1. The molecule has 2 rings (SSSR count). The summed E-state index contributed by atoms with van der Waals surface area (Å²) in [5.74, 6) is 1.31. The molecule has 4 heteroatoms. The number of benzene rings is 1. The van der Waals surface area contributed by atoms with Crippen molar-refractivity contribution in [2.45, 2.75) is 39.5 Å². The van der Waals surface area contributed by atoms with E-state index in [9.17, 15) is 4.79 Å². The third-order valence-corrected chi connectivity index (χ3v) is 3.11. The quantitative estimate of drug-likeness (QED) is 0.622. The number of aliphatic imine (C=N–C) groups is 1. The van der Waals surface area contributed by atoms with E-state index in [-0.39, 0.29) is 17.6 Å². The first kappa shape index (κ1) is 15.2. The van der Waals surface area contributed by atoms with Gasteiger partial charge in [0.25, 0.3) is 0 Å². The van der Waals surface area contributed by atoms with Crippen molar-refractivity contribution in [1.82, 2.24) is 5.16 Å². The van der Waals surface area contributed by atoms with E-state index >= 15 is 0 Å². The molecule has 21 heavy (non-hydrogen) atoms. The molecule has 4 nitrogen and oxygen atoms in total. The maximum atomic E-state index is 12.0. The van der Waals surface area contributed by atoms with Crippen molar-refractivity contribution in [2.24, 2.45) is 4.99 Å². The van der Waals surface area contributed by atoms with Gasteiger partial charge in [0.2, 0.25) is 0 Å². The van der Waals surface area contributed by atoms with Crippen LogP contribution in [0.2, 0.25) is 0 Å². The molecule has 110 valence electrons. The summed E-state index contributed by atoms with van der Waals surface area (Å²) < 4.78 is 5.24. The highest BCUT2D eigenvalue weighted by Gasteiger charge is 2.19. The molecule has 1 heterocycles. The van der Waals surface area contributed by atoms with Crippen LogP contribution in [0.4, 0.5) is 5.82 Å². The summed E-state index contributed by atoms with van der Waals surface area (Å²) in [6.07, 6.45) is 1.83. The number of hydrogen-bond donors (Lipinski definition) is 0. The molecule has 0 saturated heterocycles. The molecule has 0 aliphatic heterocycles. The van der Waals surface area contributed by atoms with Crippen LogP contribution >= 0.6 is 0 Å². The van der Waals surface area contributed by atoms with Crippen molar-refractivity contribution in [3.63, 3.8) is 0 Å². The highest BCUT2D eigenvalue weighted by Crippen LogP contribution is 2.25. The number of ketones is 1. The number of carbonyl (C=O) groups is 1. The highest BCUT2D eigenvalue weighted by atomic mass is 16.5. The summed E-state index contributed by atoms with van der Waals surface area (Å²) in [6, 6.07) is 9.32. The van der Waals surface area contributed by atoms with Crippen LogP contribution in [0.5, 0.6) is 0 Å². The van der Waals surface area contributed by atoms with E-state index in [2.05, 4.69) is 10.1 Å². The maximum Gasteiger partial charge on any atom is 0.195 e. The molecule has 0 fully saturated rings. The molecule has 0 unspecified atom stereocenters. The number of carbonyl (C=O) groups excluding carboxylic acids is 1. The highest BCUT2D eigenvalue weighted by molar-refractivity contribution is 6.03. The molecule has 0 aliphatic carbocycles. The van der Waals surface area contributed by atoms with E-state index in [4.69, 9.17) is 4.52 Å². The number of rotatable bonds is 4. The molecule has 0 atom stereocenters. The predicted octanol–water partition coefficient (Wildman–Crippen LogP) is 4.26. The average molecular weight is 284 g/mol. The lowest BCUT2D eigenvalue weighted by Crippen LogP contribution is -2.08. The monoisotopic (exact) mass is 284 g/mol. The summed E-state index contributed by atoms with van der Waals surface area (Å²) in [5.41, 5.74) is 1.73. The first-order valence-corrected chi connectivity index (χ1v) is 6.96. The van der Waals surface area contributed by atoms with Gasteiger partial charge < -0.3 is 4.52 Å². The van der Waals surface area contributed by atoms with Crippen LogP contribution in [0.3, 0.4) is 0 Å². The van der Waals surface area contributed by atoms with Crippen molar-refractivity contribution in [3.05, 3.63) is 47.2 Å². The fraction of sp³-hybridized carbons (Fsp3) is 0.353. The lowest BCUT2D eigenvalue weighted by molar-refractivity contribution is 0.100. The number of Topliss-reactive ketones (excluding diaryl/α,β-unsaturated/α-hetero) is 1. The van der Waals surface area contributed by atoms with Crippen LogP contribution in [-0.2, 0) is 5.41 Å². The Bertz CT molecular complexity index is 646. The number of hydrogen-bond acceptors (Lipinski definition) is 4. The van der Waals surface area contributed by atoms with E-state index in [1.807, 2.05) is 52.0 Å². The van der Waals surface area contributed by atoms with Gasteiger partial charge in [-0.2, -0.15) is 0 Å². The molecule has 1 aromatic heterocycles. The Kier molecular flexibility index (Phi) is 4.36. The van der Waals surface area contributed by atoms with Crippen molar-refractivity contribution in [2.75, 3.05) is 0 Å². The Hall–Kier alpha value is -2.23. The van der Waals surface area contributed by atoms with Gasteiger partial charge in [0.15, 0.2) is 11.6 Å². The van der Waals surface area contributed by atoms with E-state index in [1.54, 1.807) is 12.3 Å². The van der Waals surface area contributed by atoms with Gasteiger partial charge in [-0.3, -0.25) is 4.79 Å². The summed E-state index contributed by atoms with van der Waals surface area (Å²) in [4.78, 5) is 16.1. The van der Waals surface area contributed by atoms with E-state index in [0.29, 0.717) is 11.4 Å². The number of nitrogens with zero attached hydrogens (tertiary/aromatic N) is 2. The van der Waals surface area contributed by atoms with Gasteiger partial charge >= 0.3 is 0 Å². The van der Waals surface area contributed by atoms with Crippen molar-refractivity contribution in [3.8, 4) is 0 Å². The summed E-state index contributed by atoms with van der Waals surface area (Å²) >= 11 is 0. The van der Waals surface area contributed by atoms with Gasteiger partial charge in [0.1, 0.15) is 5.76 Å². The molecule has 0 amide bonds. The second kappa shape index (κ2) is 6.04. The van der Waals surface area contributed by atoms with Crippen LogP contribution < -0.4 is 0 Å². The van der Waals surface area contributed by atoms with Crippen molar-refractivity contribution < 1.29 is 9.32 Å².